The molecule has 0 aromatic rings. The van der Waals surface area contributed by atoms with Gasteiger partial charge in [0.15, 0.2) is 5.96 Å². The standard InChI is InChI=1S/C14H30N4.HI/c1-5-8-16-14(15-4)17-10-13(3)18-9-6-7-12(2)11-18;/h12-13H,5-11H2,1-4H3,(H2,15,16,17);1H. The van der Waals surface area contributed by atoms with Gasteiger partial charge in [0.1, 0.15) is 0 Å². The lowest BCUT2D eigenvalue weighted by molar-refractivity contribution is 0.139. The number of guanidine groups is 1. The fourth-order valence-electron chi connectivity index (χ4n) is 2.46. The summed E-state index contributed by atoms with van der Waals surface area (Å²) >= 11 is 0. The van der Waals surface area contributed by atoms with Crippen LogP contribution in [0.25, 0.3) is 0 Å². The van der Waals surface area contributed by atoms with E-state index in [1.54, 1.807) is 0 Å². The summed E-state index contributed by atoms with van der Waals surface area (Å²) in [6.45, 7) is 11.3. The van der Waals surface area contributed by atoms with E-state index in [0.29, 0.717) is 6.04 Å². The van der Waals surface area contributed by atoms with Crippen molar-refractivity contribution in [2.75, 3.05) is 33.2 Å². The molecular formula is C14H31IN4. The van der Waals surface area contributed by atoms with Gasteiger partial charge in [0.25, 0.3) is 0 Å². The van der Waals surface area contributed by atoms with Gasteiger partial charge >= 0.3 is 0 Å². The van der Waals surface area contributed by atoms with Gasteiger partial charge in [-0.25, -0.2) is 0 Å². The Morgan fingerprint density at radius 1 is 1.42 bits per heavy atom. The van der Waals surface area contributed by atoms with Crippen LogP contribution in [0, 0.1) is 5.92 Å². The molecule has 0 spiro atoms. The van der Waals surface area contributed by atoms with Crippen LogP contribution >= 0.6 is 24.0 Å². The van der Waals surface area contributed by atoms with Crippen LogP contribution in [-0.4, -0.2) is 50.1 Å². The predicted octanol–water partition coefficient (Wildman–Crippen LogP) is 2.30. The predicted molar refractivity (Wildman–Crippen MR) is 94.5 cm³/mol. The fraction of sp³-hybridized carbons (Fsp3) is 0.929. The molecule has 0 aromatic carbocycles. The Morgan fingerprint density at radius 3 is 2.74 bits per heavy atom. The maximum Gasteiger partial charge on any atom is 0.191 e. The average Bonchev–Trinajstić information content (AvgIpc) is 2.38. The van der Waals surface area contributed by atoms with Crippen LogP contribution in [0.5, 0.6) is 0 Å². The summed E-state index contributed by atoms with van der Waals surface area (Å²) in [5.41, 5.74) is 0. The number of likely N-dealkylation sites (tertiary alicyclic amines) is 1. The summed E-state index contributed by atoms with van der Waals surface area (Å²) in [4.78, 5) is 6.83. The molecule has 4 nitrogen and oxygen atoms in total. The first-order valence-corrected chi connectivity index (χ1v) is 7.36. The Balaban J connectivity index is 0.00000324. The third kappa shape index (κ3) is 7.34. The van der Waals surface area contributed by atoms with Crippen LogP contribution in [-0.2, 0) is 0 Å². The van der Waals surface area contributed by atoms with Crippen molar-refractivity contribution in [1.29, 1.82) is 0 Å². The summed E-state index contributed by atoms with van der Waals surface area (Å²) < 4.78 is 0. The third-order valence-corrected chi connectivity index (χ3v) is 3.64. The summed E-state index contributed by atoms with van der Waals surface area (Å²) in [5, 5.41) is 6.72. The lowest BCUT2D eigenvalue weighted by atomic mass is 9.99. The molecule has 1 aliphatic rings. The van der Waals surface area contributed by atoms with Gasteiger partial charge in [0.2, 0.25) is 0 Å². The van der Waals surface area contributed by atoms with Crippen LogP contribution in [0.3, 0.4) is 0 Å². The molecule has 0 saturated carbocycles. The molecule has 0 aliphatic carbocycles. The number of aliphatic imine (C=N–C) groups is 1. The minimum Gasteiger partial charge on any atom is -0.356 e. The van der Waals surface area contributed by atoms with Crippen LogP contribution in [0.1, 0.15) is 40.0 Å². The maximum atomic E-state index is 4.23. The number of rotatable bonds is 5. The Hall–Kier alpha value is -0.0400. The fourth-order valence-corrected chi connectivity index (χ4v) is 2.46. The first-order valence-electron chi connectivity index (χ1n) is 7.36. The topological polar surface area (TPSA) is 39.7 Å². The monoisotopic (exact) mass is 382 g/mol. The van der Waals surface area contributed by atoms with E-state index in [1.165, 1.54) is 25.9 Å². The number of nitrogens with one attached hydrogen (secondary N) is 2. The van der Waals surface area contributed by atoms with E-state index in [9.17, 15) is 0 Å². The molecule has 0 bridgehead atoms. The first-order chi connectivity index (χ1) is 8.67. The van der Waals surface area contributed by atoms with Gasteiger partial charge in [0, 0.05) is 32.7 Å². The van der Waals surface area contributed by atoms with Gasteiger partial charge in [-0.05, 0) is 38.6 Å². The minimum atomic E-state index is 0. The highest BCUT2D eigenvalue weighted by Gasteiger charge is 2.20. The zero-order valence-corrected chi connectivity index (χ0v) is 15.2. The molecule has 1 fully saturated rings. The van der Waals surface area contributed by atoms with Crippen LogP contribution in [0.4, 0.5) is 0 Å². The number of hydrogen-bond donors (Lipinski definition) is 2. The van der Waals surface area contributed by atoms with Gasteiger partial charge in [-0.3, -0.25) is 9.89 Å². The molecule has 2 unspecified atom stereocenters. The van der Waals surface area contributed by atoms with Gasteiger partial charge in [0.05, 0.1) is 0 Å². The molecule has 1 saturated heterocycles. The van der Waals surface area contributed by atoms with E-state index in [1.807, 2.05) is 7.05 Å². The van der Waals surface area contributed by atoms with Gasteiger partial charge in [-0.1, -0.05) is 13.8 Å². The van der Waals surface area contributed by atoms with Crippen LogP contribution in [0.15, 0.2) is 4.99 Å². The van der Waals surface area contributed by atoms with Gasteiger partial charge < -0.3 is 10.6 Å². The van der Waals surface area contributed by atoms with Crippen molar-refractivity contribution in [3.63, 3.8) is 0 Å². The molecule has 1 heterocycles. The lowest BCUT2D eigenvalue weighted by Crippen LogP contribution is -2.48. The molecule has 2 atom stereocenters. The molecule has 5 heteroatoms. The highest BCUT2D eigenvalue weighted by molar-refractivity contribution is 14.0. The second-order valence-corrected chi connectivity index (χ2v) is 5.47. The SMILES string of the molecule is CCCNC(=NC)NCC(C)N1CCCC(C)C1.I. The van der Waals surface area contributed by atoms with Crippen molar-refractivity contribution >= 4 is 29.9 Å². The molecule has 1 aliphatic heterocycles. The first kappa shape index (κ1) is 19.0. The summed E-state index contributed by atoms with van der Waals surface area (Å²) in [6.07, 6.45) is 3.85. The van der Waals surface area contributed by atoms with E-state index < -0.39 is 0 Å². The Bertz CT molecular complexity index is 258. The smallest absolute Gasteiger partial charge is 0.191 e. The second-order valence-electron chi connectivity index (χ2n) is 5.47. The number of hydrogen-bond acceptors (Lipinski definition) is 2. The van der Waals surface area contributed by atoms with Crippen molar-refractivity contribution in [2.45, 2.75) is 46.1 Å². The number of piperidine rings is 1. The lowest BCUT2D eigenvalue weighted by Gasteiger charge is -2.35. The van der Waals surface area contributed by atoms with Crippen molar-refractivity contribution < 1.29 is 0 Å². The van der Waals surface area contributed by atoms with Gasteiger partial charge in [-0.2, -0.15) is 0 Å². The van der Waals surface area contributed by atoms with E-state index in [4.69, 9.17) is 0 Å². The zero-order chi connectivity index (χ0) is 13.4. The second kappa shape index (κ2) is 10.7. The van der Waals surface area contributed by atoms with E-state index in [-0.39, 0.29) is 24.0 Å². The van der Waals surface area contributed by atoms with Crippen LogP contribution < -0.4 is 10.6 Å². The minimum absolute atomic E-state index is 0. The molecule has 19 heavy (non-hydrogen) atoms. The van der Waals surface area contributed by atoms with Crippen molar-refractivity contribution in [1.82, 2.24) is 15.5 Å². The van der Waals surface area contributed by atoms with Crippen molar-refractivity contribution in [3.8, 4) is 0 Å². The Kier molecular flexibility index (Phi) is 10.7. The highest BCUT2D eigenvalue weighted by Crippen LogP contribution is 2.17. The van der Waals surface area contributed by atoms with E-state index in [2.05, 4.69) is 41.3 Å². The molecule has 0 radical (unpaired) electrons. The quantitative estimate of drug-likeness (QED) is 0.436. The highest BCUT2D eigenvalue weighted by atomic mass is 127. The molecule has 0 amide bonds. The molecule has 114 valence electrons. The van der Waals surface area contributed by atoms with Gasteiger partial charge in [-0.15, -0.1) is 24.0 Å². The van der Waals surface area contributed by atoms with E-state index in [0.717, 1.165) is 31.4 Å². The Morgan fingerprint density at radius 2 is 2.16 bits per heavy atom. The van der Waals surface area contributed by atoms with Crippen molar-refractivity contribution in [3.05, 3.63) is 0 Å². The number of nitrogens with zero attached hydrogens (tertiary/aromatic N) is 2. The summed E-state index contributed by atoms with van der Waals surface area (Å²) in [7, 11) is 1.83. The van der Waals surface area contributed by atoms with E-state index >= 15 is 0 Å². The third-order valence-electron chi connectivity index (χ3n) is 3.64. The average molecular weight is 382 g/mol. The Labute approximate surface area is 135 Å². The normalized spacial score (nSPS) is 22.5. The molecule has 0 aromatic heterocycles. The number of halogens is 1. The molecule has 2 N–H and O–H groups in total. The largest absolute Gasteiger partial charge is 0.356 e. The molecular weight excluding hydrogens is 351 g/mol. The zero-order valence-electron chi connectivity index (χ0n) is 12.9. The molecule has 1 rings (SSSR count). The van der Waals surface area contributed by atoms with Crippen molar-refractivity contribution in [2.24, 2.45) is 10.9 Å². The van der Waals surface area contributed by atoms with Crippen LogP contribution in [0.2, 0.25) is 0 Å². The maximum absolute atomic E-state index is 4.23. The summed E-state index contributed by atoms with van der Waals surface area (Å²) in [5.74, 6) is 1.77. The summed E-state index contributed by atoms with van der Waals surface area (Å²) in [6, 6.07) is 0.577.